The Bertz CT molecular complexity index is 146. The van der Waals surface area contributed by atoms with Crippen molar-refractivity contribution in [2.75, 3.05) is 14.2 Å². The van der Waals surface area contributed by atoms with Crippen molar-refractivity contribution >= 4 is 11.8 Å². The Kier molecular flexibility index (Phi) is 4.15. The minimum absolute atomic E-state index is 0.329. The van der Waals surface area contributed by atoms with Crippen molar-refractivity contribution in [2.24, 2.45) is 0 Å². The van der Waals surface area contributed by atoms with Gasteiger partial charge in [0.1, 0.15) is 0 Å². The second-order valence-electron chi connectivity index (χ2n) is 1.60. The zero-order valence-electron chi connectivity index (χ0n) is 5.88. The van der Waals surface area contributed by atoms with Crippen molar-refractivity contribution < 1.29 is 14.3 Å². The van der Waals surface area contributed by atoms with E-state index in [1.807, 2.05) is 5.32 Å². The van der Waals surface area contributed by atoms with Crippen LogP contribution in [-0.4, -0.2) is 26.0 Å². The molecule has 0 fully saturated rings. The summed E-state index contributed by atoms with van der Waals surface area (Å²) in [6.45, 7) is 0. The summed E-state index contributed by atoms with van der Waals surface area (Å²) >= 11 is 0. The van der Waals surface area contributed by atoms with Crippen LogP contribution in [0.3, 0.4) is 0 Å². The highest BCUT2D eigenvalue weighted by Crippen LogP contribution is 1.82. The summed E-state index contributed by atoms with van der Waals surface area (Å²) in [5.41, 5.74) is 0. The molecule has 0 saturated carbocycles. The minimum atomic E-state index is -0.329. The van der Waals surface area contributed by atoms with Gasteiger partial charge in [0, 0.05) is 26.4 Å². The molecule has 1 aliphatic heterocycles. The zero-order valence-corrected chi connectivity index (χ0v) is 5.88. The molecule has 0 aromatic rings. The lowest BCUT2D eigenvalue weighted by Gasteiger charge is -1.80. The van der Waals surface area contributed by atoms with Gasteiger partial charge in [0.05, 0.1) is 0 Å². The smallest absolute Gasteiger partial charge is 0.250 e. The van der Waals surface area contributed by atoms with Gasteiger partial charge in [-0.25, -0.2) is 0 Å². The Morgan fingerprint density at radius 2 is 1.50 bits per heavy atom. The molecular weight excluding hydrogens is 134 g/mol. The van der Waals surface area contributed by atoms with Crippen LogP contribution in [0.4, 0.5) is 0 Å². The summed E-state index contributed by atoms with van der Waals surface area (Å²) in [4.78, 5) is 20.1. The molecule has 0 bridgehead atoms. The molecule has 0 saturated heterocycles. The van der Waals surface area contributed by atoms with E-state index in [2.05, 4.69) is 4.74 Å². The van der Waals surface area contributed by atoms with Gasteiger partial charge in [0.15, 0.2) is 0 Å². The Hall–Kier alpha value is -1.16. The first-order chi connectivity index (χ1) is 4.70. The van der Waals surface area contributed by atoms with Crippen molar-refractivity contribution in [3.05, 3.63) is 12.2 Å². The van der Waals surface area contributed by atoms with Crippen LogP contribution in [0.1, 0.15) is 0 Å². The Labute approximate surface area is 58.9 Å². The van der Waals surface area contributed by atoms with E-state index in [0.717, 1.165) is 0 Å². The quantitative estimate of drug-likeness (QED) is 0.463. The number of carbonyl (C=O) groups is 2. The van der Waals surface area contributed by atoms with Crippen molar-refractivity contribution in [1.29, 1.82) is 0 Å². The van der Waals surface area contributed by atoms with Gasteiger partial charge >= 0.3 is 0 Å². The monoisotopic (exact) mass is 143 g/mol. The number of carbonyl (C=O) groups excluding carboxylic acids is 2. The highest BCUT2D eigenvalue weighted by molar-refractivity contribution is 6.12. The largest absolute Gasteiger partial charge is 0.388 e. The van der Waals surface area contributed by atoms with Crippen LogP contribution in [0.5, 0.6) is 0 Å². The van der Waals surface area contributed by atoms with Gasteiger partial charge in [0.25, 0.3) is 11.8 Å². The topological polar surface area (TPSA) is 55.4 Å². The van der Waals surface area contributed by atoms with Crippen molar-refractivity contribution in [2.45, 2.75) is 0 Å². The summed E-state index contributed by atoms with van der Waals surface area (Å²) in [6.07, 6.45) is 2.39. The maximum Gasteiger partial charge on any atom is 0.250 e. The number of nitrogens with one attached hydrogen (secondary N) is 1. The molecule has 4 heteroatoms. The molecule has 1 aliphatic rings. The SMILES string of the molecule is COC.O=C1C=CC(=O)N1. The number of amides is 2. The lowest BCUT2D eigenvalue weighted by atomic mass is 10.6. The van der Waals surface area contributed by atoms with E-state index < -0.39 is 0 Å². The predicted molar refractivity (Wildman–Crippen MR) is 35.2 cm³/mol. The molecule has 0 spiro atoms. The van der Waals surface area contributed by atoms with Crippen LogP contribution in [0.15, 0.2) is 12.2 Å². The lowest BCUT2D eigenvalue weighted by molar-refractivity contribution is -0.123. The van der Waals surface area contributed by atoms with E-state index in [-0.39, 0.29) is 11.8 Å². The second kappa shape index (κ2) is 4.69. The van der Waals surface area contributed by atoms with E-state index in [0.29, 0.717) is 0 Å². The number of methoxy groups -OCH3 is 1. The van der Waals surface area contributed by atoms with Crippen LogP contribution >= 0.6 is 0 Å². The zero-order chi connectivity index (χ0) is 7.98. The van der Waals surface area contributed by atoms with Gasteiger partial charge in [0.2, 0.25) is 0 Å². The summed E-state index contributed by atoms with van der Waals surface area (Å²) in [5, 5.41) is 2.03. The molecule has 1 rings (SSSR count). The molecule has 1 N–H and O–H groups in total. The maximum atomic E-state index is 10.0. The molecule has 0 atom stereocenters. The summed E-state index contributed by atoms with van der Waals surface area (Å²) < 4.78 is 4.25. The molecule has 0 radical (unpaired) electrons. The first-order valence-corrected chi connectivity index (χ1v) is 2.64. The first-order valence-electron chi connectivity index (χ1n) is 2.64. The Balaban J connectivity index is 0.000000236. The third kappa shape index (κ3) is 3.80. The highest BCUT2D eigenvalue weighted by Gasteiger charge is 2.06. The van der Waals surface area contributed by atoms with Crippen LogP contribution < -0.4 is 5.32 Å². The number of ether oxygens (including phenoxy) is 1. The molecular formula is C6H9NO3. The molecule has 0 aromatic heterocycles. The fraction of sp³-hybridized carbons (Fsp3) is 0.333. The molecule has 2 amide bonds. The molecule has 4 nitrogen and oxygen atoms in total. The van der Waals surface area contributed by atoms with Crippen molar-refractivity contribution in [3.63, 3.8) is 0 Å². The van der Waals surface area contributed by atoms with Crippen LogP contribution in [-0.2, 0) is 14.3 Å². The fourth-order valence-electron chi connectivity index (χ4n) is 0.356. The molecule has 0 aromatic carbocycles. The first kappa shape index (κ1) is 8.84. The molecule has 0 aliphatic carbocycles. The highest BCUT2D eigenvalue weighted by atomic mass is 16.4. The standard InChI is InChI=1S/C4H3NO2.C2H6O/c6-3-1-2-4(7)5-3;1-3-2/h1-2H,(H,5,6,7);1-2H3. The van der Waals surface area contributed by atoms with E-state index in [1.54, 1.807) is 14.2 Å². The Morgan fingerprint density at radius 1 is 1.20 bits per heavy atom. The van der Waals surface area contributed by atoms with Crippen molar-refractivity contribution in [1.82, 2.24) is 5.32 Å². The predicted octanol–water partition coefficient (Wildman–Crippen LogP) is -0.538. The van der Waals surface area contributed by atoms with Gasteiger partial charge in [-0.15, -0.1) is 0 Å². The summed E-state index contributed by atoms with van der Waals surface area (Å²) in [6, 6.07) is 0. The van der Waals surface area contributed by atoms with Gasteiger partial charge < -0.3 is 4.74 Å². The lowest BCUT2D eigenvalue weighted by Crippen LogP contribution is -2.19. The van der Waals surface area contributed by atoms with Gasteiger partial charge in [-0.1, -0.05) is 0 Å². The molecule has 10 heavy (non-hydrogen) atoms. The van der Waals surface area contributed by atoms with Gasteiger partial charge in [-0.05, 0) is 0 Å². The fourth-order valence-corrected chi connectivity index (χ4v) is 0.356. The number of hydrogen-bond donors (Lipinski definition) is 1. The van der Waals surface area contributed by atoms with Crippen LogP contribution in [0.25, 0.3) is 0 Å². The minimum Gasteiger partial charge on any atom is -0.388 e. The van der Waals surface area contributed by atoms with E-state index in [9.17, 15) is 9.59 Å². The van der Waals surface area contributed by atoms with Crippen LogP contribution in [0.2, 0.25) is 0 Å². The molecule has 1 heterocycles. The third-order valence-corrected chi connectivity index (χ3v) is 0.632. The molecule has 0 unspecified atom stereocenters. The van der Waals surface area contributed by atoms with E-state index in [1.165, 1.54) is 12.2 Å². The maximum absolute atomic E-state index is 10.0. The van der Waals surface area contributed by atoms with Crippen LogP contribution in [0, 0.1) is 0 Å². The molecule has 56 valence electrons. The van der Waals surface area contributed by atoms with E-state index in [4.69, 9.17) is 0 Å². The Morgan fingerprint density at radius 3 is 1.60 bits per heavy atom. The third-order valence-electron chi connectivity index (χ3n) is 0.632. The number of hydrogen-bond acceptors (Lipinski definition) is 3. The summed E-state index contributed by atoms with van der Waals surface area (Å²) in [7, 11) is 3.25. The van der Waals surface area contributed by atoms with E-state index >= 15 is 0 Å². The summed E-state index contributed by atoms with van der Waals surface area (Å²) in [5.74, 6) is -0.657. The normalized spacial score (nSPS) is 14.2. The number of imide groups is 1. The average Bonchev–Trinajstić information content (AvgIpc) is 2.17. The second-order valence-corrected chi connectivity index (χ2v) is 1.60. The van der Waals surface area contributed by atoms with Crippen molar-refractivity contribution in [3.8, 4) is 0 Å². The number of rotatable bonds is 0. The van der Waals surface area contributed by atoms with Gasteiger partial charge in [-0.2, -0.15) is 0 Å². The average molecular weight is 143 g/mol. The van der Waals surface area contributed by atoms with Gasteiger partial charge in [-0.3, -0.25) is 14.9 Å².